The molecule has 0 atom stereocenters. The molecule has 0 spiro atoms. The first kappa shape index (κ1) is 15.6. The van der Waals surface area contributed by atoms with Crippen LogP contribution in [0.5, 0.6) is 0 Å². The second kappa shape index (κ2) is 7.85. The van der Waals surface area contributed by atoms with Crippen molar-refractivity contribution >= 4 is 28.3 Å². The number of aromatic nitrogens is 1. The number of carbonyl (C=O) groups excluding carboxylic acids is 2. The van der Waals surface area contributed by atoms with Gasteiger partial charge in [0.05, 0.1) is 18.8 Å². The van der Waals surface area contributed by atoms with Gasteiger partial charge in [-0.1, -0.05) is 6.92 Å². The monoisotopic (exact) mass is 285 g/mol. The molecular formula is C12H19N3O3S. The maximum Gasteiger partial charge on any atom is 0.320 e. The Labute approximate surface area is 116 Å². The molecule has 1 N–H and O–H groups in total. The number of hydrogen-bond acceptors (Lipinski definition) is 6. The minimum atomic E-state index is -0.235. The summed E-state index contributed by atoms with van der Waals surface area (Å²) in [6.07, 6.45) is 0. The molecule has 106 valence electrons. The van der Waals surface area contributed by atoms with Crippen LogP contribution in [0.2, 0.25) is 0 Å². The van der Waals surface area contributed by atoms with Crippen LogP contribution in [0.3, 0.4) is 0 Å². The third-order valence-corrected chi connectivity index (χ3v) is 3.13. The summed E-state index contributed by atoms with van der Waals surface area (Å²) in [4.78, 5) is 28.5. The topological polar surface area (TPSA) is 71.5 Å². The quantitative estimate of drug-likeness (QED) is 0.768. The lowest BCUT2D eigenvalue weighted by Gasteiger charge is -2.17. The highest BCUT2D eigenvalue weighted by Crippen LogP contribution is 2.16. The van der Waals surface area contributed by atoms with Gasteiger partial charge in [0, 0.05) is 18.8 Å². The average molecular weight is 285 g/mol. The molecule has 0 aliphatic carbocycles. The number of likely N-dealkylation sites (N-methyl/N-ethyl adjacent to an activating group) is 1. The predicted octanol–water partition coefficient (Wildman–Crippen LogP) is 1.49. The largest absolute Gasteiger partial charge is 0.465 e. The molecule has 0 saturated carbocycles. The van der Waals surface area contributed by atoms with Crippen LogP contribution in [0.4, 0.5) is 5.13 Å². The van der Waals surface area contributed by atoms with E-state index in [2.05, 4.69) is 10.3 Å². The molecule has 0 saturated heterocycles. The summed E-state index contributed by atoms with van der Waals surface area (Å²) in [5.41, 5.74) is 0.833. The van der Waals surface area contributed by atoms with Gasteiger partial charge in [-0.2, -0.15) is 0 Å². The predicted molar refractivity (Wildman–Crippen MR) is 74.0 cm³/mol. The molecule has 1 heterocycles. The van der Waals surface area contributed by atoms with Gasteiger partial charge in [0.15, 0.2) is 5.13 Å². The number of rotatable bonds is 7. The van der Waals surface area contributed by atoms with Gasteiger partial charge in [0.25, 0.3) is 0 Å². The molecule has 0 unspecified atom stereocenters. The molecule has 1 aromatic heterocycles. The van der Waals surface area contributed by atoms with Crippen LogP contribution < -0.4 is 5.32 Å². The third-order valence-electron chi connectivity index (χ3n) is 2.33. The molecule has 0 aromatic carbocycles. The third kappa shape index (κ3) is 5.80. The van der Waals surface area contributed by atoms with Crippen LogP contribution in [0.1, 0.15) is 26.5 Å². The summed E-state index contributed by atoms with van der Waals surface area (Å²) >= 11 is 1.37. The van der Waals surface area contributed by atoms with E-state index < -0.39 is 0 Å². The second-order valence-electron chi connectivity index (χ2n) is 3.93. The highest BCUT2D eigenvalue weighted by molar-refractivity contribution is 7.13. The van der Waals surface area contributed by atoms with Crippen LogP contribution in [0, 0.1) is 0 Å². The Hall–Kier alpha value is -1.47. The molecule has 0 radical (unpaired) electrons. The van der Waals surface area contributed by atoms with Gasteiger partial charge in [-0.05, 0) is 13.5 Å². The number of hydrogen-bond donors (Lipinski definition) is 1. The first-order valence-electron chi connectivity index (χ1n) is 6.15. The standard InChI is InChI=1S/C12H19N3O3S/c1-4-15(7-11(17)18-5-2)6-10-8-19-12(14-10)13-9(3)16/h8H,4-7H2,1-3H3,(H,13,14,16). The Morgan fingerprint density at radius 2 is 2.21 bits per heavy atom. The highest BCUT2D eigenvalue weighted by atomic mass is 32.1. The smallest absolute Gasteiger partial charge is 0.320 e. The molecule has 7 heteroatoms. The molecule has 1 amide bonds. The number of thiazole rings is 1. The zero-order valence-electron chi connectivity index (χ0n) is 11.4. The first-order chi connectivity index (χ1) is 9.05. The van der Waals surface area contributed by atoms with Gasteiger partial charge in [-0.15, -0.1) is 11.3 Å². The Morgan fingerprint density at radius 1 is 1.47 bits per heavy atom. The zero-order valence-corrected chi connectivity index (χ0v) is 12.2. The molecule has 0 aliphatic rings. The number of esters is 1. The van der Waals surface area contributed by atoms with E-state index in [4.69, 9.17) is 4.74 Å². The van der Waals surface area contributed by atoms with Crippen molar-refractivity contribution in [2.45, 2.75) is 27.3 Å². The van der Waals surface area contributed by atoms with Gasteiger partial charge >= 0.3 is 5.97 Å². The Kier molecular flexibility index (Phi) is 6.44. The van der Waals surface area contributed by atoms with E-state index in [0.29, 0.717) is 18.3 Å². The lowest BCUT2D eigenvalue weighted by molar-refractivity contribution is -0.144. The maximum atomic E-state index is 11.4. The van der Waals surface area contributed by atoms with Crippen molar-refractivity contribution in [2.24, 2.45) is 0 Å². The zero-order chi connectivity index (χ0) is 14.3. The van der Waals surface area contributed by atoms with E-state index in [1.54, 1.807) is 6.92 Å². The minimum absolute atomic E-state index is 0.139. The maximum absolute atomic E-state index is 11.4. The molecular weight excluding hydrogens is 266 g/mol. The van der Waals surface area contributed by atoms with Crippen molar-refractivity contribution in [3.63, 3.8) is 0 Å². The minimum Gasteiger partial charge on any atom is -0.465 e. The SMILES string of the molecule is CCOC(=O)CN(CC)Cc1csc(NC(C)=O)n1. The van der Waals surface area contributed by atoms with E-state index in [9.17, 15) is 9.59 Å². The van der Waals surface area contributed by atoms with Gasteiger partial charge in [-0.3, -0.25) is 14.5 Å². The van der Waals surface area contributed by atoms with E-state index >= 15 is 0 Å². The van der Waals surface area contributed by atoms with Crippen LogP contribution in [0.25, 0.3) is 0 Å². The van der Waals surface area contributed by atoms with Crippen LogP contribution >= 0.6 is 11.3 Å². The van der Waals surface area contributed by atoms with E-state index in [1.165, 1.54) is 18.3 Å². The van der Waals surface area contributed by atoms with Crippen molar-refractivity contribution in [3.05, 3.63) is 11.1 Å². The number of amides is 1. The van der Waals surface area contributed by atoms with Crippen molar-refractivity contribution < 1.29 is 14.3 Å². The molecule has 0 aliphatic heterocycles. The number of nitrogens with one attached hydrogen (secondary N) is 1. The normalized spacial score (nSPS) is 10.5. The van der Waals surface area contributed by atoms with E-state index in [0.717, 1.165) is 12.2 Å². The van der Waals surface area contributed by atoms with E-state index in [-0.39, 0.29) is 18.4 Å². The molecule has 6 nitrogen and oxygen atoms in total. The fraction of sp³-hybridized carbons (Fsp3) is 0.583. The summed E-state index contributed by atoms with van der Waals surface area (Å²) in [5.74, 6) is -0.374. The lowest BCUT2D eigenvalue weighted by atomic mass is 10.4. The Bertz CT molecular complexity index is 434. The first-order valence-corrected chi connectivity index (χ1v) is 7.03. The average Bonchev–Trinajstić information content (AvgIpc) is 2.75. The van der Waals surface area contributed by atoms with Crippen LogP contribution in [-0.4, -0.2) is 41.5 Å². The number of ether oxygens (including phenoxy) is 1. The number of nitrogens with zero attached hydrogens (tertiary/aromatic N) is 2. The summed E-state index contributed by atoms with van der Waals surface area (Å²) < 4.78 is 4.91. The number of anilines is 1. The van der Waals surface area contributed by atoms with E-state index in [1.807, 2.05) is 17.2 Å². The van der Waals surface area contributed by atoms with Gasteiger partial charge in [0.1, 0.15) is 0 Å². The summed E-state index contributed by atoms with van der Waals surface area (Å²) in [6.45, 7) is 7.13. The van der Waals surface area contributed by atoms with Crippen molar-refractivity contribution in [1.82, 2.24) is 9.88 Å². The van der Waals surface area contributed by atoms with Crippen molar-refractivity contribution in [2.75, 3.05) is 25.0 Å². The van der Waals surface area contributed by atoms with Gasteiger partial charge < -0.3 is 10.1 Å². The van der Waals surface area contributed by atoms with Crippen LogP contribution in [0.15, 0.2) is 5.38 Å². The molecule has 19 heavy (non-hydrogen) atoms. The van der Waals surface area contributed by atoms with Crippen molar-refractivity contribution in [3.8, 4) is 0 Å². The Morgan fingerprint density at radius 3 is 2.79 bits per heavy atom. The summed E-state index contributed by atoms with van der Waals surface area (Å²) in [7, 11) is 0. The molecule has 1 aromatic rings. The van der Waals surface area contributed by atoms with Gasteiger partial charge in [0.2, 0.25) is 5.91 Å². The van der Waals surface area contributed by atoms with Crippen LogP contribution in [-0.2, 0) is 20.9 Å². The highest BCUT2D eigenvalue weighted by Gasteiger charge is 2.12. The summed E-state index contributed by atoms with van der Waals surface area (Å²) in [5, 5.41) is 5.09. The fourth-order valence-corrected chi connectivity index (χ4v) is 2.23. The molecule has 0 bridgehead atoms. The van der Waals surface area contributed by atoms with Crippen molar-refractivity contribution in [1.29, 1.82) is 0 Å². The Balaban J connectivity index is 2.53. The fourth-order valence-electron chi connectivity index (χ4n) is 1.49. The number of carbonyl (C=O) groups is 2. The molecule has 0 fully saturated rings. The van der Waals surface area contributed by atoms with Gasteiger partial charge in [-0.25, -0.2) is 4.98 Å². The molecule has 1 rings (SSSR count). The summed E-state index contributed by atoms with van der Waals surface area (Å²) in [6, 6.07) is 0. The lowest BCUT2D eigenvalue weighted by Crippen LogP contribution is -2.30. The second-order valence-corrected chi connectivity index (χ2v) is 4.79.